The summed E-state index contributed by atoms with van der Waals surface area (Å²) in [6, 6.07) is 7.26. The Morgan fingerprint density at radius 1 is 1.25 bits per heavy atom. The molecule has 0 radical (unpaired) electrons. The molecule has 0 bridgehead atoms. The van der Waals surface area contributed by atoms with Crippen LogP contribution in [-0.2, 0) is 0 Å². The average Bonchev–Trinajstić information content (AvgIpc) is 2.45. The summed E-state index contributed by atoms with van der Waals surface area (Å²) in [5.41, 5.74) is 3.15. The number of carbonyl (C=O) groups excluding carboxylic acids is 1. The van der Waals surface area contributed by atoms with E-state index >= 15 is 0 Å². The summed E-state index contributed by atoms with van der Waals surface area (Å²) in [4.78, 5) is 11.8. The van der Waals surface area contributed by atoms with Gasteiger partial charge in [0.25, 0.3) is 5.91 Å². The van der Waals surface area contributed by atoms with Crippen LogP contribution in [0.3, 0.4) is 0 Å². The van der Waals surface area contributed by atoms with Gasteiger partial charge < -0.3 is 0 Å². The molecule has 0 aliphatic heterocycles. The summed E-state index contributed by atoms with van der Waals surface area (Å²) in [6.45, 7) is 2.22. The number of rotatable bonds is 9. The highest BCUT2D eigenvalue weighted by atomic mass is 79.9. The van der Waals surface area contributed by atoms with Crippen molar-refractivity contribution < 1.29 is 4.79 Å². The molecule has 0 aromatic heterocycles. The molecule has 3 nitrogen and oxygen atoms in total. The third-order valence-corrected chi connectivity index (χ3v) is 3.52. The number of carbonyl (C=O) groups is 1. The molecule has 0 aliphatic rings. The SMILES string of the molecule is CCCCCCCCC=NNC(=O)c1cccc(Br)c1. The molecule has 0 saturated heterocycles. The monoisotopic (exact) mass is 338 g/mol. The zero-order chi connectivity index (χ0) is 14.6. The predicted octanol–water partition coefficient (Wildman–Crippen LogP) is 4.92. The summed E-state index contributed by atoms with van der Waals surface area (Å²) < 4.78 is 0.890. The van der Waals surface area contributed by atoms with E-state index in [1.165, 1.54) is 32.1 Å². The maximum atomic E-state index is 11.8. The van der Waals surface area contributed by atoms with Crippen LogP contribution < -0.4 is 5.43 Å². The molecule has 0 spiro atoms. The Morgan fingerprint density at radius 3 is 2.75 bits per heavy atom. The van der Waals surface area contributed by atoms with Gasteiger partial charge in [0.15, 0.2) is 0 Å². The first-order valence-corrected chi connectivity index (χ1v) is 8.10. The number of hydrogen-bond donors (Lipinski definition) is 1. The van der Waals surface area contributed by atoms with Crippen LogP contribution in [0.15, 0.2) is 33.8 Å². The second-order valence-corrected chi connectivity index (χ2v) is 5.74. The van der Waals surface area contributed by atoms with Crippen LogP contribution in [0.5, 0.6) is 0 Å². The van der Waals surface area contributed by atoms with Gasteiger partial charge in [-0.1, -0.05) is 61.0 Å². The minimum Gasteiger partial charge on any atom is -0.267 e. The van der Waals surface area contributed by atoms with Gasteiger partial charge >= 0.3 is 0 Å². The Kier molecular flexibility index (Phi) is 8.96. The van der Waals surface area contributed by atoms with Crippen LogP contribution in [-0.4, -0.2) is 12.1 Å². The van der Waals surface area contributed by atoms with E-state index in [1.54, 1.807) is 18.3 Å². The van der Waals surface area contributed by atoms with Crippen molar-refractivity contribution in [3.05, 3.63) is 34.3 Å². The smallest absolute Gasteiger partial charge is 0.267 e. The van der Waals surface area contributed by atoms with Gasteiger partial charge in [-0.15, -0.1) is 0 Å². The Bertz CT molecular complexity index is 432. The van der Waals surface area contributed by atoms with Crippen LogP contribution in [0.1, 0.15) is 62.2 Å². The highest BCUT2D eigenvalue weighted by Gasteiger charge is 2.03. The minimum absolute atomic E-state index is 0.175. The van der Waals surface area contributed by atoms with E-state index in [4.69, 9.17) is 0 Å². The van der Waals surface area contributed by atoms with Crippen LogP contribution in [0.2, 0.25) is 0 Å². The lowest BCUT2D eigenvalue weighted by Crippen LogP contribution is -2.17. The number of benzene rings is 1. The summed E-state index contributed by atoms with van der Waals surface area (Å²) >= 11 is 3.34. The predicted molar refractivity (Wildman–Crippen MR) is 88.1 cm³/mol. The lowest BCUT2D eigenvalue weighted by Gasteiger charge is -2.00. The first-order chi connectivity index (χ1) is 9.74. The largest absolute Gasteiger partial charge is 0.271 e. The number of nitrogens with zero attached hydrogens (tertiary/aromatic N) is 1. The molecule has 0 aliphatic carbocycles. The van der Waals surface area contributed by atoms with E-state index in [0.717, 1.165) is 17.3 Å². The summed E-state index contributed by atoms with van der Waals surface area (Å²) in [5.74, 6) is -0.175. The molecule has 4 heteroatoms. The summed E-state index contributed by atoms with van der Waals surface area (Å²) in [5, 5.41) is 3.97. The number of hydrazone groups is 1. The van der Waals surface area contributed by atoms with E-state index < -0.39 is 0 Å². The topological polar surface area (TPSA) is 41.5 Å². The fourth-order valence-electron chi connectivity index (χ4n) is 1.88. The Labute approximate surface area is 130 Å². The molecule has 0 fully saturated rings. The van der Waals surface area contributed by atoms with Gasteiger partial charge in [0.1, 0.15) is 0 Å². The van der Waals surface area contributed by atoms with Gasteiger partial charge in [-0.25, -0.2) is 5.43 Å². The third-order valence-electron chi connectivity index (χ3n) is 3.03. The lowest BCUT2D eigenvalue weighted by atomic mass is 10.1. The Morgan fingerprint density at radius 2 is 2.00 bits per heavy atom. The number of hydrogen-bond acceptors (Lipinski definition) is 2. The highest BCUT2D eigenvalue weighted by Crippen LogP contribution is 2.11. The molecule has 0 saturated carbocycles. The first kappa shape index (κ1) is 16.9. The molecule has 0 atom stereocenters. The summed E-state index contributed by atoms with van der Waals surface area (Å²) in [6.07, 6.45) is 10.3. The molecule has 0 unspecified atom stereocenters. The first-order valence-electron chi connectivity index (χ1n) is 7.31. The maximum absolute atomic E-state index is 11.8. The van der Waals surface area contributed by atoms with Crippen molar-refractivity contribution in [2.75, 3.05) is 0 Å². The van der Waals surface area contributed by atoms with Crippen LogP contribution in [0.25, 0.3) is 0 Å². The van der Waals surface area contributed by atoms with Crippen molar-refractivity contribution >= 4 is 28.1 Å². The lowest BCUT2D eigenvalue weighted by molar-refractivity contribution is 0.0955. The third kappa shape index (κ3) is 7.43. The van der Waals surface area contributed by atoms with Crippen LogP contribution in [0, 0.1) is 0 Å². The highest BCUT2D eigenvalue weighted by molar-refractivity contribution is 9.10. The van der Waals surface area contributed by atoms with Crippen molar-refractivity contribution in [1.29, 1.82) is 0 Å². The molecular formula is C16H23BrN2O. The quantitative estimate of drug-likeness (QED) is 0.387. The molecule has 1 aromatic carbocycles. The molecule has 1 aromatic rings. The molecule has 1 N–H and O–H groups in total. The van der Waals surface area contributed by atoms with Gasteiger partial charge in [0, 0.05) is 16.3 Å². The van der Waals surface area contributed by atoms with Crippen molar-refractivity contribution in [3.63, 3.8) is 0 Å². The number of amides is 1. The van der Waals surface area contributed by atoms with Crippen LogP contribution in [0.4, 0.5) is 0 Å². The van der Waals surface area contributed by atoms with Crippen molar-refractivity contribution in [1.82, 2.24) is 5.43 Å². The number of nitrogens with one attached hydrogen (secondary N) is 1. The maximum Gasteiger partial charge on any atom is 0.271 e. The molecule has 0 heterocycles. The second kappa shape index (κ2) is 10.6. The fraction of sp³-hybridized carbons (Fsp3) is 0.500. The van der Waals surface area contributed by atoms with E-state index in [1.807, 2.05) is 12.1 Å². The van der Waals surface area contributed by atoms with Gasteiger partial charge in [0.05, 0.1) is 0 Å². The standard InChI is InChI=1S/C16H23BrN2O/c1-2-3-4-5-6-7-8-12-18-19-16(20)14-10-9-11-15(17)13-14/h9-13H,2-8H2,1H3,(H,19,20). The van der Waals surface area contributed by atoms with Crippen molar-refractivity contribution in [2.24, 2.45) is 5.10 Å². The molecular weight excluding hydrogens is 316 g/mol. The zero-order valence-electron chi connectivity index (χ0n) is 12.1. The van der Waals surface area contributed by atoms with E-state index in [9.17, 15) is 4.79 Å². The second-order valence-electron chi connectivity index (χ2n) is 4.82. The van der Waals surface area contributed by atoms with E-state index in [0.29, 0.717) is 5.56 Å². The number of unbranched alkanes of at least 4 members (excludes halogenated alkanes) is 6. The van der Waals surface area contributed by atoms with Gasteiger partial charge in [-0.3, -0.25) is 4.79 Å². The molecule has 20 heavy (non-hydrogen) atoms. The average molecular weight is 339 g/mol. The normalized spacial score (nSPS) is 10.9. The molecule has 110 valence electrons. The number of halogens is 1. The van der Waals surface area contributed by atoms with Gasteiger partial charge in [0.2, 0.25) is 0 Å². The van der Waals surface area contributed by atoms with Gasteiger partial charge in [-0.05, 0) is 31.0 Å². The van der Waals surface area contributed by atoms with Gasteiger partial charge in [-0.2, -0.15) is 5.10 Å². The Balaban J connectivity index is 2.13. The van der Waals surface area contributed by atoms with Crippen molar-refractivity contribution in [3.8, 4) is 0 Å². The minimum atomic E-state index is -0.175. The van der Waals surface area contributed by atoms with E-state index in [2.05, 4.69) is 33.4 Å². The fourth-order valence-corrected chi connectivity index (χ4v) is 2.28. The summed E-state index contributed by atoms with van der Waals surface area (Å²) in [7, 11) is 0. The molecule has 1 amide bonds. The van der Waals surface area contributed by atoms with E-state index in [-0.39, 0.29) is 5.91 Å². The Hall–Kier alpha value is -1.16. The zero-order valence-corrected chi connectivity index (χ0v) is 13.7. The van der Waals surface area contributed by atoms with Crippen molar-refractivity contribution in [2.45, 2.75) is 51.9 Å². The molecule has 1 rings (SSSR count). The van der Waals surface area contributed by atoms with Crippen LogP contribution >= 0.6 is 15.9 Å².